The van der Waals surface area contributed by atoms with Crippen LogP contribution in [0, 0.1) is 11.8 Å². The molecular formula is C29H32N4O3S3. The van der Waals surface area contributed by atoms with Crippen molar-refractivity contribution in [3.05, 3.63) is 64.5 Å². The van der Waals surface area contributed by atoms with Crippen molar-refractivity contribution >= 4 is 53.8 Å². The van der Waals surface area contributed by atoms with Gasteiger partial charge in [-0.3, -0.25) is 4.79 Å². The van der Waals surface area contributed by atoms with Crippen LogP contribution in [0.15, 0.2) is 53.4 Å². The standard InChI is InChI=1S/C29H32N4O3S3/c1-18-14-19(2)16-33(15-18)39(35,36)21-10-8-20(9-11-21)27(34)31-29-26(22-12-13-32(3)17-25(22)38-29)28-30-23-6-4-5-7-24(23)37-28/h4-11,18-19H,12-17H2,1-3H3,(H,31,34). The second-order valence-electron chi connectivity index (χ2n) is 10.9. The fraction of sp³-hybridized carbons (Fsp3) is 0.379. The normalized spacial score (nSPS) is 20.7. The molecule has 1 amide bonds. The molecule has 2 aliphatic heterocycles. The molecule has 39 heavy (non-hydrogen) atoms. The number of fused-ring (bicyclic) bond motifs is 2. The smallest absolute Gasteiger partial charge is 0.256 e. The minimum atomic E-state index is -3.60. The number of aromatic nitrogens is 1. The van der Waals surface area contributed by atoms with Gasteiger partial charge in [-0.2, -0.15) is 4.31 Å². The third-order valence-corrected chi connectivity index (χ3v) is 11.6. The minimum absolute atomic E-state index is 0.227. The Morgan fingerprint density at radius 2 is 1.74 bits per heavy atom. The van der Waals surface area contributed by atoms with Gasteiger partial charge in [-0.05, 0) is 73.7 Å². The van der Waals surface area contributed by atoms with Gasteiger partial charge in [0.1, 0.15) is 10.0 Å². The van der Waals surface area contributed by atoms with Crippen LogP contribution < -0.4 is 5.32 Å². The average Bonchev–Trinajstić information content (AvgIpc) is 3.48. The van der Waals surface area contributed by atoms with Crippen LogP contribution in [-0.2, 0) is 23.0 Å². The van der Waals surface area contributed by atoms with E-state index in [4.69, 9.17) is 4.98 Å². The van der Waals surface area contributed by atoms with Crippen LogP contribution in [0.4, 0.5) is 5.00 Å². The number of piperidine rings is 1. The summed E-state index contributed by atoms with van der Waals surface area (Å²) < 4.78 is 29.3. The van der Waals surface area contributed by atoms with Crippen LogP contribution in [0.25, 0.3) is 20.8 Å². The largest absolute Gasteiger partial charge is 0.313 e. The highest BCUT2D eigenvalue weighted by Crippen LogP contribution is 2.45. The zero-order valence-electron chi connectivity index (χ0n) is 22.3. The number of nitrogens with zero attached hydrogens (tertiary/aromatic N) is 3. The molecule has 0 saturated carbocycles. The lowest BCUT2D eigenvalue weighted by Gasteiger charge is -2.34. The van der Waals surface area contributed by atoms with E-state index in [9.17, 15) is 13.2 Å². The molecule has 4 aromatic rings. The van der Waals surface area contributed by atoms with Gasteiger partial charge in [-0.1, -0.05) is 26.0 Å². The molecule has 2 atom stereocenters. The number of sulfonamides is 1. The number of rotatable bonds is 5. The summed E-state index contributed by atoms with van der Waals surface area (Å²) in [5, 5.41) is 4.86. The number of hydrogen-bond donors (Lipinski definition) is 1. The maximum Gasteiger partial charge on any atom is 0.256 e. The SMILES string of the molecule is CC1CC(C)CN(S(=O)(=O)c2ccc(C(=O)Nc3sc4c(c3-c3nc5ccccc5s3)CCN(C)C4)cc2)C1. The maximum absolute atomic E-state index is 13.4. The first-order valence-electron chi connectivity index (χ1n) is 13.3. The molecule has 6 rings (SSSR count). The number of para-hydroxylation sites is 1. The quantitative estimate of drug-likeness (QED) is 0.316. The molecule has 1 saturated heterocycles. The Bertz CT molecular complexity index is 1600. The Balaban J connectivity index is 1.28. The molecule has 10 heteroatoms. The molecule has 0 radical (unpaired) electrons. The molecule has 1 N–H and O–H groups in total. The summed E-state index contributed by atoms with van der Waals surface area (Å²) in [7, 11) is -1.49. The van der Waals surface area contributed by atoms with Gasteiger partial charge in [-0.15, -0.1) is 22.7 Å². The monoisotopic (exact) mass is 580 g/mol. The number of carbonyl (C=O) groups is 1. The number of thiazole rings is 1. The molecular weight excluding hydrogens is 549 g/mol. The Labute approximate surface area is 237 Å². The van der Waals surface area contributed by atoms with E-state index in [0.29, 0.717) is 30.5 Å². The van der Waals surface area contributed by atoms with Crippen LogP contribution in [0.5, 0.6) is 0 Å². The number of amides is 1. The van der Waals surface area contributed by atoms with E-state index in [1.807, 2.05) is 18.2 Å². The zero-order valence-corrected chi connectivity index (χ0v) is 24.8. The molecule has 2 aromatic heterocycles. The van der Waals surface area contributed by atoms with Crippen LogP contribution in [0.1, 0.15) is 41.1 Å². The summed E-state index contributed by atoms with van der Waals surface area (Å²) in [5.41, 5.74) is 3.66. The average molecular weight is 581 g/mol. The topological polar surface area (TPSA) is 82.6 Å². The predicted octanol–water partition coefficient (Wildman–Crippen LogP) is 5.93. The fourth-order valence-electron chi connectivity index (χ4n) is 5.73. The highest BCUT2D eigenvalue weighted by molar-refractivity contribution is 7.89. The van der Waals surface area contributed by atoms with Gasteiger partial charge in [-0.25, -0.2) is 13.4 Å². The molecule has 7 nitrogen and oxygen atoms in total. The second kappa shape index (κ2) is 10.4. The van der Waals surface area contributed by atoms with Crippen molar-refractivity contribution in [1.29, 1.82) is 0 Å². The number of carbonyl (C=O) groups excluding carboxylic acids is 1. The zero-order chi connectivity index (χ0) is 27.3. The van der Waals surface area contributed by atoms with Crippen molar-refractivity contribution in [3.8, 4) is 10.6 Å². The van der Waals surface area contributed by atoms with Gasteiger partial charge in [0.15, 0.2) is 0 Å². The Morgan fingerprint density at radius 1 is 1.03 bits per heavy atom. The summed E-state index contributed by atoms with van der Waals surface area (Å²) in [5.74, 6) is 0.401. The van der Waals surface area contributed by atoms with Crippen LogP contribution in [-0.4, -0.2) is 55.2 Å². The highest BCUT2D eigenvalue weighted by Gasteiger charge is 2.32. The summed E-state index contributed by atoms with van der Waals surface area (Å²) in [6.07, 6.45) is 1.94. The number of anilines is 1. The molecule has 0 aliphatic carbocycles. The number of benzene rings is 2. The first-order chi connectivity index (χ1) is 18.7. The summed E-state index contributed by atoms with van der Waals surface area (Å²) in [6, 6.07) is 14.4. The summed E-state index contributed by atoms with van der Waals surface area (Å²) in [6.45, 7) is 7.04. The van der Waals surface area contributed by atoms with Gasteiger partial charge < -0.3 is 10.2 Å². The fourth-order valence-corrected chi connectivity index (χ4v) is 9.84. The first-order valence-corrected chi connectivity index (χ1v) is 16.4. The molecule has 4 heterocycles. The highest BCUT2D eigenvalue weighted by atomic mass is 32.2. The van der Waals surface area contributed by atoms with E-state index < -0.39 is 10.0 Å². The van der Waals surface area contributed by atoms with Crippen molar-refractivity contribution < 1.29 is 13.2 Å². The van der Waals surface area contributed by atoms with Crippen molar-refractivity contribution in [1.82, 2.24) is 14.2 Å². The van der Waals surface area contributed by atoms with Gasteiger partial charge in [0.2, 0.25) is 10.0 Å². The van der Waals surface area contributed by atoms with E-state index in [1.165, 1.54) is 10.4 Å². The lowest BCUT2D eigenvalue weighted by atomic mass is 9.94. The Morgan fingerprint density at radius 3 is 2.46 bits per heavy atom. The van der Waals surface area contributed by atoms with Crippen LogP contribution in [0.2, 0.25) is 0 Å². The molecule has 1 fully saturated rings. The van der Waals surface area contributed by atoms with Gasteiger partial charge in [0.05, 0.1) is 15.1 Å². The number of thiophene rings is 1. The number of likely N-dealkylation sites (N-methyl/N-ethyl adjacent to an activating group) is 1. The van der Waals surface area contributed by atoms with E-state index in [0.717, 1.165) is 51.7 Å². The summed E-state index contributed by atoms with van der Waals surface area (Å²) in [4.78, 5) is 22.1. The first kappa shape index (κ1) is 26.6. The third kappa shape index (κ3) is 5.16. The van der Waals surface area contributed by atoms with E-state index in [1.54, 1.807) is 51.2 Å². The summed E-state index contributed by atoms with van der Waals surface area (Å²) >= 11 is 3.25. The van der Waals surface area contributed by atoms with Crippen molar-refractivity contribution in [3.63, 3.8) is 0 Å². The van der Waals surface area contributed by atoms with E-state index in [-0.39, 0.29) is 10.8 Å². The Hall–Kier alpha value is -2.63. The van der Waals surface area contributed by atoms with Gasteiger partial charge in [0, 0.05) is 42.2 Å². The minimum Gasteiger partial charge on any atom is -0.313 e. The number of hydrogen-bond acceptors (Lipinski definition) is 7. The maximum atomic E-state index is 13.4. The van der Waals surface area contributed by atoms with Crippen LogP contribution >= 0.6 is 22.7 Å². The van der Waals surface area contributed by atoms with Crippen molar-refractivity contribution in [2.75, 3.05) is 32.0 Å². The lowest BCUT2D eigenvalue weighted by molar-refractivity contribution is 0.102. The third-order valence-electron chi connectivity index (χ3n) is 7.57. The van der Waals surface area contributed by atoms with Gasteiger partial charge in [0.25, 0.3) is 5.91 Å². The van der Waals surface area contributed by atoms with E-state index in [2.05, 4.69) is 37.2 Å². The lowest BCUT2D eigenvalue weighted by Crippen LogP contribution is -2.42. The Kier molecular flexibility index (Phi) is 7.09. The number of nitrogens with one attached hydrogen (secondary N) is 1. The molecule has 2 unspecified atom stereocenters. The molecule has 2 aliphatic rings. The van der Waals surface area contributed by atoms with Crippen LogP contribution in [0.3, 0.4) is 0 Å². The second-order valence-corrected chi connectivity index (χ2v) is 15.0. The molecule has 0 spiro atoms. The molecule has 0 bridgehead atoms. The predicted molar refractivity (Wildman–Crippen MR) is 159 cm³/mol. The van der Waals surface area contributed by atoms with Crippen molar-refractivity contribution in [2.24, 2.45) is 11.8 Å². The van der Waals surface area contributed by atoms with Crippen molar-refractivity contribution in [2.45, 2.75) is 38.1 Å². The molecule has 204 valence electrons. The van der Waals surface area contributed by atoms with E-state index >= 15 is 0 Å². The molecule has 2 aromatic carbocycles. The van der Waals surface area contributed by atoms with Gasteiger partial charge >= 0.3 is 0 Å².